The summed E-state index contributed by atoms with van der Waals surface area (Å²) in [5.74, 6) is 0.738. The van der Waals surface area contributed by atoms with Crippen molar-refractivity contribution in [1.29, 1.82) is 0 Å². The first-order chi connectivity index (χ1) is 15.3. The molecule has 0 aliphatic heterocycles. The third-order valence-electron chi connectivity index (χ3n) is 4.28. The van der Waals surface area contributed by atoms with Crippen molar-refractivity contribution in [2.75, 3.05) is 0 Å². The van der Waals surface area contributed by atoms with E-state index in [1.165, 1.54) is 11.4 Å². The fourth-order valence-corrected chi connectivity index (χ4v) is 2.73. The predicted octanol–water partition coefficient (Wildman–Crippen LogP) is 4.55. The molecule has 186 valence electrons. The smallest absolute Gasteiger partial charge is 0.269 e. The number of hydrogen-bond acceptors (Lipinski definition) is 6. The summed E-state index contributed by atoms with van der Waals surface area (Å²) in [6.07, 6.45) is -2.10. The number of aromatic nitrogens is 4. The van der Waals surface area contributed by atoms with Crippen molar-refractivity contribution < 1.29 is 32.3 Å². The Balaban J connectivity index is 0. The molecule has 0 aliphatic carbocycles. The zero-order valence-electron chi connectivity index (χ0n) is 20.2. The van der Waals surface area contributed by atoms with Crippen LogP contribution in [-0.2, 0) is 45.1 Å². The van der Waals surface area contributed by atoms with Gasteiger partial charge in [-0.3, -0.25) is 9.36 Å². The molecule has 0 N–H and O–H groups in total. The zero-order chi connectivity index (χ0) is 26.2. The van der Waals surface area contributed by atoms with E-state index >= 15 is 0 Å². The lowest BCUT2D eigenvalue weighted by Crippen LogP contribution is -2.20. The van der Waals surface area contributed by atoms with Crippen LogP contribution in [0.5, 0.6) is 0 Å². The number of nitrogens with zero attached hydrogens (tertiary/aromatic N) is 4. The third-order valence-corrected chi connectivity index (χ3v) is 4.28. The third kappa shape index (κ3) is 13.2. The molecule has 8 nitrogen and oxygen atoms in total. The van der Waals surface area contributed by atoms with Gasteiger partial charge in [0, 0.05) is 17.9 Å². The second-order valence-corrected chi connectivity index (χ2v) is 7.39. The average molecular weight is 475 g/mol. The molecule has 2 aromatic rings. The van der Waals surface area contributed by atoms with E-state index < -0.39 is 12.7 Å². The Bertz CT molecular complexity index is 863. The summed E-state index contributed by atoms with van der Waals surface area (Å²) in [6, 6.07) is 3.96. The van der Waals surface area contributed by atoms with Crippen LogP contribution in [0.2, 0.25) is 0 Å². The van der Waals surface area contributed by atoms with Crippen LogP contribution in [0, 0.1) is 0 Å². The Labute approximate surface area is 192 Å². The van der Waals surface area contributed by atoms with E-state index in [1.54, 1.807) is 6.07 Å². The SMILES string of the molecule is CCc1cc(C(C)C)n(CC)n1.CCc1cc(C(C)C)nn1CC(F)(F)F.O=C=O.O=C=O. The molecular formula is C22H33F3N4O4. The van der Waals surface area contributed by atoms with E-state index in [9.17, 15) is 13.2 Å². The second kappa shape index (κ2) is 16.6. The van der Waals surface area contributed by atoms with E-state index in [0.29, 0.717) is 18.0 Å². The van der Waals surface area contributed by atoms with Crippen molar-refractivity contribution in [3.63, 3.8) is 0 Å². The minimum absolute atomic E-state index is 0.157. The van der Waals surface area contributed by atoms with Gasteiger partial charge in [-0.25, -0.2) is 0 Å². The van der Waals surface area contributed by atoms with Gasteiger partial charge in [-0.2, -0.15) is 42.5 Å². The highest BCUT2D eigenvalue weighted by molar-refractivity contribution is 5.20. The molecule has 0 radical (unpaired) electrons. The molecule has 0 saturated carbocycles. The molecule has 0 bridgehead atoms. The minimum atomic E-state index is -4.20. The van der Waals surface area contributed by atoms with Gasteiger partial charge < -0.3 is 0 Å². The lowest BCUT2D eigenvalue weighted by Gasteiger charge is -2.08. The first-order valence-corrected chi connectivity index (χ1v) is 10.5. The average Bonchev–Trinajstić information content (AvgIpc) is 3.32. The van der Waals surface area contributed by atoms with Crippen molar-refractivity contribution in [2.24, 2.45) is 0 Å². The van der Waals surface area contributed by atoms with Crippen LogP contribution in [0.3, 0.4) is 0 Å². The van der Waals surface area contributed by atoms with E-state index in [0.717, 1.165) is 23.3 Å². The van der Waals surface area contributed by atoms with Gasteiger partial charge in [0.25, 0.3) is 0 Å². The van der Waals surface area contributed by atoms with Crippen LogP contribution in [-0.4, -0.2) is 38.0 Å². The van der Waals surface area contributed by atoms with Crippen molar-refractivity contribution in [3.05, 3.63) is 34.9 Å². The maximum Gasteiger partial charge on any atom is 0.408 e. The van der Waals surface area contributed by atoms with Crippen LogP contribution < -0.4 is 0 Å². The lowest BCUT2D eigenvalue weighted by molar-refractivity contribution is -0.193. The molecule has 0 aromatic carbocycles. The highest BCUT2D eigenvalue weighted by Gasteiger charge is 2.29. The maximum atomic E-state index is 12.2. The maximum absolute atomic E-state index is 12.2. The van der Waals surface area contributed by atoms with E-state index in [1.807, 2.05) is 20.8 Å². The van der Waals surface area contributed by atoms with Gasteiger partial charge in [0.15, 0.2) is 0 Å². The van der Waals surface area contributed by atoms with Crippen molar-refractivity contribution >= 4 is 12.3 Å². The van der Waals surface area contributed by atoms with Crippen LogP contribution in [0.15, 0.2) is 12.1 Å². The molecule has 0 amide bonds. The Hall–Kier alpha value is -3.03. The fraction of sp³-hybridized carbons (Fsp3) is 0.636. The summed E-state index contributed by atoms with van der Waals surface area (Å²) < 4.78 is 39.8. The van der Waals surface area contributed by atoms with E-state index in [-0.39, 0.29) is 18.2 Å². The number of carbonyl (C=O) groups excluding carboxylic acids is 4. The summed E-state index contributed by atoms with van der Waals surface area (Å²) >= 11 is 0. The Morgan fingerprint density at radius 1 is 0.848 bits per heavy atom. The van der Waals surface area contributed by atoms with Crippen molar-refractivity contribution in [1.82, 2.24) is 19.6 Å². The number of hydrogen-bond donors (Lipinski definition) is 0. The first-order valence-electron chi connectivity index (χ1n) is 10.5. The monoisotopic (exact) mass is 474 g/mol. The van der Waals surface area contributed by atoms with Gasteiger partial charge in [0.1, 0.15) is 6.54 Å². The summed E-state index contributed by atoms with van der Waals surface area (Å²) in [5.41, 5.74) is 3.92. The molecule has 0 spiro atoms. The molecule has 2 aromatic heterocycles. The Morgan fingerprint density at radius 3 is 1.67 bits per heavy atom. The summed E-state index contributed by atoms with van der Waals surface area (Å²) in [7, 11) is 0. The van der Waals surface area contributed by atoms with Crippen molar-refractivity contribution in [3.8, 4) is 0 Å². The quantitative estimate of drug-likeness (QED) is 0.608. The summed E-state index contributed by atoms with van der Waals surface area (Å²) in [5, 5.41) is 8.45. The van der Waals surface area contributed by atoms with Gasteiger partial charge in [-0.15, -0.1) is 0 Å². The van der Waals surface area contributed by atoms with Gasteiger partial charge in [-0.1, -0.05) is 41.5 Å². The largest absolute Gasteiger partial charge is 0.408 e. The van der Waals surface area contributed by atoms with Gasteiger partial charge >= 0.3 is 18.5 Å². The van der Waals surface area contributed by atoms with E-state index in [2.05, 4.69) is 48.6 Å². The molecule has 2 rings (SSSR count). The molecule has 0 saturated heterocycles. The second-order valence-electron chi connectivity index (χ2n) is 7.39. The molecular weight excluding hydrogens is 441 g/mol. The summed E-state index contributed by atoms with van der Waals surface area (Å²) in [6.45, 7) is 14.3. The molecule has 33 heavy (non-hydrogen) atoms. The Kier molecular flexibility index (Phi) is 16.2. The first kappa shape index (κ1) is 32.2. The lowest BCUT2D eigenvalue weighted by atomic mass is 10.1. The van der Waals surface area contributed by atoms with Gasteiger partial charge in [-0.05, 0) is 43.7 Å². The van der Waals surface area contributed by atoms with Crippen LogP contribution >= 0.6 is 0 Å². The minimum Gasteiger partial charge on any atom is -0.269 e. The van der Waals surface area contributed by atoms with E-state index in [4.69, 9.17) is 19.2 Å². The molecule has 0 fully saturated rings. The van der Waals surface area contributed by atoms with Crippen LogP contribution in [0.4, 0.5) is 13.2 Å². The van der Waals surface area contributed by atoms with Crippen LogP contribution in [0.25, 0.3) is 0 Å². The van der Waals surface area contributed by atoms with Crippen LogP contribution in [0.1, 0.15) is 83.1 Å². The topological polar surface area (TPSA) is 104 Å². The summed E-state index contributed by atoms with van der Waals surface area (Å²) in [4.78, 5) is 32.5. The highest BCUT2D eigenvalue weighted by Crippen LogP contribution is 2.21. The molecule has 11 heteroatoms. The number of alkyl halides is 3. The number of halogens is 3. The molecule has 0 atom stereocenters. The highest BCUT2D eigenvalue weighted by atomic mass is 19.4. The zero-order valence-corrected chi connectivity index (χ0v) is 20.2. The fourth-order valence-electron chi connectivity index (χ4n) is 2.73. The van der Waals surface area contributed by atoms with Gasteiger partial charge in [0.2, 0.25) is 0 Å². The standard InChI is InChI=1S/C10H15F3N2.C10H18N2.2CO2/c1-4-8-5-9(7(2)3)14-15(8)6-10(11,12)13;1-5-9-7-10(8(3)4)12(6-2)11-9;2*2-1-3/h5,7H,4,6H2,1-3H3;7-8H,5-6H2,1-4H3;;. The molecule has 2 heterocycles. The van der Waals surface area contributed by atoms with Gasteiger partial charge in [0.05, 0.1) is 11.4 Å². The Morgan fingerprint density at radius 2 is 1.36 bits per heavy atom. The number of aryl methyl sites for hydroxylation is 3. The molecule has 0 unspecified atom stereocenters. The normalized spacial score (nSPS) is 10.2. The molecule has 0 aliphatic rings. The number of rotatable bonds is 6. The van der Waals surface area contributed by atoms with Crippen molar-refractivity contribution in [2.45, 2.75) is 92.4 Å². The predicted molar refractivity (Wildman–Crippen MR) is 113 cm³/mol.